The molecule has 0 unspecified atom stereocenters. The van der Waals surface area contributed by atoms with E-state index in [1.165, 1.54) is 19.3 Å². The van der Waals surface area contributed by atoms with Gasteiger partial charge < -0.3 is 15.3 Å². The van der Waals surface area contributed by atoms with Crippen LogP contribution in [0.25, 0.3) is 0 Å². The van der Waals surface area contributed by atoms with Gasteiger partial charge in [0.25, 0.3) is 0 Å². The van der Waals surface area contributed by atoms with Gasteiger partial charge in [0.05, 0.1) is 12.2 Å². The van der Waals surface area contributed by atoms with Crippen LogP contribution in [-0.4, -0.2) is 34.1 Å². The van der Waals surface area contributed by atoms with Crippen LogP contribution in [-0.2, 0) is 0 Å². The summed E-state index contributed by atoms with van der Waals surface area (Å²) in [5, 5.41) is 32.4. The van der Waals surface area contributed by atoms with Crippen molar-refractivity contribution in [3.63, 3.8) is 0 Å². The molecule has 0 aromatic heterocycles. The first kappa shape index (κ1) is 24.3. The molecule has 0 spiro atoms. The van der Waals surface area contributed by atoms with Crippen molar-refractivity contribution in [3.05, 3.63) is 11.6 Å². The van der Waals surface area contributed by atoms with Crippen LogP contribution >= 0.6 is 0 Å². The summed E-state index contributed by atoms with van der Waals surface area (Å²) < 4.78 is 0. The minimum absolute atomic E-state index is 0.0131. The molecular weight excluding hydrogens is 408 g/mol. The van der Waals surface area contributed by atoms with Crippen molar-refractivity contribution in [1.82, 2.24) is 0 Å². The minimum atomic E-state index is -0.335. The lowest BCUT2D eigenvalue weighted by Crippen LogP contribution is -2.65. The summed E-state index contributed by atoms with van der Waals surface area (Å²) in [5.41, 5.74) is 2.02. The first-order chi connectivity index (χ1) is 15.2. The Kier molecular flexibility index (Phi) is 5.23. The van der Waals surface area contributed by atoms with Gasteiger partial charge in [0.2, 0.25) is 0 Å². The van der Waals surface area contributed by atoms with Crippen LogP contribution in [0.5, 0.6) is 0 Å². The fourth-order valence-electron chi connectivity index (χ4n) is 10.7. The van der Waals surface area contributed by atoms with Gasteiger partial charge in [-0.3, -0.25) is 0 Å². The smallest absolute Gasteiger partial charge is 0.0605 e. The van der Waals surface area contributed by atoms with Crippen molar-refractivity contribution in [2.45, 2.75) is 118 Å². The largest absolute Gasteiger partial charge is 0.396 e. The maximum atomic E-state index is 11.3. The van der Waals surface area contributed by atoms with Gasteiger partial charge in [-0.2, -0.15) is 0 Å². The van der Waals surface area contributed by atoms with Crippen molar-refractivity contribution < 1.29 is 15.3 Å². The quantitative estimate of drug-likeness (QED) is 0.415. The molecule has 0 aliphatic heterocycles. The normalized spacial score (nSPS) is 57.8. The summed E-state index contributed by atoms with van der Waals surface area (Å²) >= 11 is 0. The van der Waals surface area contributed by atoms with Crippen molar-refractivity contribution in [3.8, 4) is 0 Å². The molecule has 10 atom stereocenters. The predicted octanol–water partition coefficient (Wildman–Crippen LogP) is 6.11. The molecule has 5 aliphatic rings. The predicted molar refractivity (Wildman–Crippen MR) is 134 cm³/mol. The Morgan fingerprint density at radius 2 is 1.48 bits per heavy atom. The van der Waals surface area contributed by atoms with Gasteiger partial charge in [0.15, 0.2) is 0 Å². The third kappa shape index (κ3) is 2.91. The Bertz CT molecular complexity index is 847. The summed E-state index contributed by atoms with van der Waals surface area (Å²) in [4.78, 5) is 0. The van der Waals surface area contributed by atoms with E-state index >= 15 is 0 Å². The monoisotopic (exact) mass is 458 g/mol. The lowest BCUT2D eigenvalue weighted by Gasteiger charge is -2.71. The van der Waals surface area contributed by atoms with E-state index in [0.717, 1.165) is 38.5 Å². The highest BCUT2D eigenvalue weighted by molar-refractivity contribution is 5.34. The van der Waals surface area contributed by atoms with E-state index in [2.05, 4.69) is 54.5 Å². The number of hydrogen-bond donors (Lipinski definition) is 3. The summed E-state index contributed by atoms with van der Waals surface area (Å²) in [6, 6.07) is 0. The number of allylic oxidation sites excluding steroid dienone is 2. The second-order valence-corrected chi connectivity index (χ2v) is 15.1. The van der Waals surface area contributed by atoms with Gasteiger partial charge in [-0.25, -0.2) is 0 Å². The van der Waals surface area contributed by atoms with E-state index in [1.54, 1.807) is 5.57 Å². The van der Waals surface area contributed by atoms with Crippen LogP contribution in [0.15, 0.2) is 11.6 Å². The molecule has 4 saturated carbocycles. The SMILES string of the molecule is CC1(C)[C@@H](O)CC[C@]2(C)[C@H]3CC=C4[C@H]5C[C@](C)(CO)C[C@@H](O)[C@]5(C)CC[C@@]4(C)[C@]3(C)CC[C@@H]12. The highest BCUT2D eigenvalue weighted by atomic mass is 16.3. The van der Waals surface area contributed by atoms with Gasteiger partial charge >= 0.3 is 0 Å². The van der Waals surface area contributed by atoms with Crippen LogP contribution < -0.4 is 0 Å². The first-order valence-electron chi connectivity index (χ1n) is 13.9. The Morgan fingerprint density at radius 3 is 2.15 bits per heavy atom. The molecule has 0 heterocycles. The van der Waals surface area contributed by atoms with E-state index in [1.807, 2.05) is 0 Å². The highest BCUT2D eigenvalue weighted by Gasteiger charge is 2.68. The standard InChI is InChI=1S/C30H50O3/c1-25(2)21-10-13-30(7)22(28(21,5)12-11-23(25)32)9-8-19-20-16-26(3,18-31)17-24(33)27(20,4)14-15-29(19,30)6/h8,20-24,31-33H,9-18H2,1-7H3/t20-,21+,22-,23+,24-,26+,27-,28+,29-,30-/m1/s1. The van der Waals surface area contributed by atoms with E-state index < -0.39 is 0 Å². The molecule has 0 aromatic rings. The number of aliphatic hydroxyl groups excluding tert-OH is 3. The van der Waals surface area contributed by atoms with Gasteiger partial charge in [-0.05, 0) is 103 Å². The third-order valence-corrected chi connectivity index (χ3v) is 13.4. The highest BCUT2D eigenvalue weighted by Crippen LogP contribution is 2.75. The zero-order chi connectivity index (χ0) is 24.2. The van der Waals surface area contributed by atoms with Crippen LogP contribution in [0, 0.1) is 50.2 Å². The molecule has 5 rings (SSSR count). The third-order valence-electron chi connectivity index (χ3n) is 13.4. The number of hydrogen-bond acceptors (Lipinski definition) is 3. The van der Waals surface area contributed by atoms with Crippen molar-refractivity contribution in [2.75, 3.05) is 6.61 Å². The molecule has 3 N–H and O–H groups in total. The molecule has 188 valence electrons. The molecule has 0 saturated heterocycles. The first-order valence-corrected chi connectivity index (χ1v) is 13.9. The molecule has 4 fully saturated rings. The average Bonchev–Trinajstić information content (AvgIpc) is 2.73. The van der Waals surface area contributed by atoms with Crippen LogP contribution in [0.1, 0.15) is 106 Å². The lowest BCUT2D eigenvalue weighted by molar-refractivity contribution is -0.208. The number of fused-ring (bicyclic) bond motifs is 7. The Labute approximate surface area is 202 Å². The molecule has 0 amide bonds. The van der Waals surface area contributed by atoms with Gasteiger partial charge in [0, 0.05) is 12.0 Å². The Hall–Kier alpha value is -0.380. The van der Waals surface area contributed by atoms with Crippen molar-refractivity contribution in [1.29, 1.82) is 0 Å². The fourth-order valence-corrected chi connectivity index (χ4v) is 10.7. The van der Waals surface area contributed by atoms with Crippen LogP contribution in [0.4, 0.5) is 0 Å². The molecule has 5 aliphatic carbocycles. The van der Waals surface area contributed by atoms with Gasteiger partial charge in [-0.15, -0.1) is 0 Å². The van der Waals surface area contributed by atoms with E-state index in [0.29, 0.717) is 17.8 Å². The second kappa shape index (κ2) is 7.10. The molecule has 3 heteroatoms. The summed E-state index contributed by atoms with van der Waals surface area (Å²) in [5.74, 6) is 1.59. The lowest BCUT2D eigenvalue weighted by atomic mass is 9.33. The topological polar surface area (TPSA) is 60.7 Å². The zero-order valence-corrected chi connectivity index (χ0v) is 22.4. The molecule has 0 aromatic carbocycles. The van der Waals surface area contributed by atoms with E-state index in [9.17, 15) is 15.3 Å². The number of aliphatic hydroxyl groups is 3. The molecule has 33 heavy (non-hydrogen) atoms. The summed E-state index contributed by atoms with van der Waals surface area (Å²) in [6.07, 6.45) is 11.7. The maximum Gasteiger partial charge on any atom is 0.0605 e. The molecule has 0 radical (unpaired) electrons. The fraction of sp³-hybridized carbons (Fsp3) is 0.933. The van der Waals surface area contributed by atoms with Crippen molar-refractivity contribution >= 4 is 0 Å². The summed E-state index contributed by atoms with van der Waals surface area (Å²) in [6.45, 7) is 17.0. The van der Waals surface area contributed by atoms with E-state index in [4.69, 9.17) is 0 Å². The van der Waals surface area contributed by atoms with E-state index in [-0.39, 0.29) is 51.3 Å². The second-order valence-electron chi connectivity index (χ2n) is 15.1. The summed E-state index contributed by atoms with van der Waals surface area (Å²) in [7, 11) is 0. The number of rotatable bonds is 1. The average molecular weight is 459 g/mol. The van der Waals surface area contributed by atoms with Crippen LogP contribution in [0.3, 0.4) is 0 Å². The molecular formula is C30H50O3. The van der Waals surface area contributed by atoms with Crippen molar-refractivity contribution in [2.24, 2.45) is 50.2 Å². The van der Waals surface area contributed by atoms with Crippen LogP contribution in [0.2, 0.25) is 0 Å². The Balaban J connectivity index is 1.58. The zero-order valence-electron chi connectivity index (χ0n) is 22.4. The molecule has 0 bridgehead atoms. The minimum Gasteiger partial charge on any atom is -0.396 e. The van der Waals surface area contributed by atoms with Gasteiger partial charge in [-0.1, -0.05) is 60.1 Å². The molecule has 3 nitrogen and oxygen atoms in total. The maximum absolute atomic E-state index is 11.3. The Morgan fingerprint density at radius 1 is 0.788 bits per heavy atom. The van der Waals surface area contributed by atoms with Gasteiger partial charge in [0.1, 0.15) is 0 Å².